The average Bonchev–Trinajstić information content (AvgIpc) is 3.03. The minimum absolute atomic E-state index is 0.137. The fourth-order valence-electron chi connectivity index (χ4n) is 4.19. The Kier molecular flexibility index (Phi) is 10.1. The van der Waals surface area contributed by atoms with Gasteiger partial charge in [0.15, 0.2) is 5.82 Å². The molecule has 3 aromatic carbocycles. The highest BCUT2D eigenvalue weighted by Gasteiger charge is 2.73. The van der Waals surface area contributed by atoms with Crippen LogP contribution in [0.5, 0.6) is 0 Å². The van der Waals surface area contributed by atoms with Crippen LogP contribution in [0.15, 0.2) is 89.7 Å². The number of benzene rings is 3. The lowest BCUT2D eigenvalue weighted by atomic mass is 9.92. The number of hydroxylamine groups is 1. The second kappa shape index (κ2) is 13.4. The molecule has 0 aliphatic carbocycles. The van der Waals surface area contributed by atoms with Crippen molar-refractivity contribution in [2.45, 2.75) is 24.2 Å². The molecule has 4 rings (SSSR count). The van der Waals surface area contributed by atoms with Gasteiger partial charge in [0.2, 0.25) is 0 Å². The van der Waals surface area contributed by atoms with Crippen LogP contribution in [0.2, 0.25) is 0 Å². The third-order valence-electron chi connectivity index (χ3n) is 6.53. The maximum atomic E-state index is 15.9. The maximum absolute atomic E-state index is 15.9. The van der Waals surface area contributed by atoms with Gasteiger partial charge in [-0.15, -0.1) is 5.06 Å². The van der Waals surface area contributed by atoms with Gasteiger partial charge >= 0.3 is 30.2 Å². The topological polar surface area (TPSA) is 88.6 Å². The van der Waals surface area contributed by atoms with Crippen molar-refractivity contribution < 1.29 is 67.5 Å². The third kappa shape index (κ3) is 7.35. The molecule has 4 aromatic rings. The maximum Gasteiger partial charge on any atom is 0.435 e. The molecule has 258 valence electrons. The summed E-state index contributed by atoms with van der Waals surface area (Å²) in [5, 5.41) is 1.68. The highest BCUT2D eigenvalue weighted by atomic mass is 79.9. The van der Waals surface area contributed by atoms with E-state index in [9.17, 15) is 58.3 Å². The number of aromatic nitrogens is 1. The lowest BCUT2D eigenvalue weighted by Crippen LogP contribution is -2.50. The van der Waals surface area contributed by atoms with Gasteiger partial charge in [0.1, 0.15) is 5.69 Å². The van der Waals surface area contributed by atoms with Crippen molar-refractivity contribution in [1.82, 2.24) is 4.98 Å². The van der Waals surface area contributed by atoms with Crippen molar-refractivity contribution in [2.24, 2.45) is 0 Å². The molecule has 0 bridgehead atoms. The van der Waals surface area contributed by atoms with Gasteiger partial charge in [-0.1, -0.05) is 24.3 Å². The van der Waals surface area contributed by atoms with Gasteiger partial charge in [-0.3, -0.25) is 14.6 Å². The van der Waals surface area contributed by atoms with Gasteiger partial charge < -0.3 is 10.2 Å². The molecule has 0 aliphatic heterocycles. The summed E-state index contributed by atoms with van der Waals surface area (Å²) < 4.78 is 151. The lowest BCUT2D eigenvalue weighted by Gasteiger charge is -2.31. The highest BCUT2D eigenvalue weighted by Crippen LogP contribution is 2.55. The number of pyridine rings is 1. The van der Waals surface area contributed by atoms with Crippen LogP contribution in [0, 0.1) is 5.82 Å². The Morgan fingerprint density at radius 3 is 1.94 bits per heavy atom. The van der Waals surface area contributed by atoms with Crippen molar-refractivity contribution in [1.29, 1.82) is 0 Å². The molecule has 2 amide bonds. The zero-order valence-corrected chi connectivity index (χ0v) is 25.2. The van der Waals surface area contributed by atoms with E-state index in [1.165, 1.54) is 48.7 Å². The number of amides is 2. The summed E-state index contributed by atoms with van der Waals surface area (Å²) in [6.45, 7) is 0. The standard InChI is InChI=1S/C30H15BrF11N3O4/c31-20-13-17(27(33,29(37,38)39)30(40,41)42)12-19(28(34,35)36)23(20)44-24(46)18-9-4-10-21(22(18)32)45(25(47)15-6-2-1-3-7-15)49-26(48)16-8-5-11-43-14-16/h1-14H,(H,44,46). The highest BCUT2D eigenvalue weighted by molar-refractivity contribution is 9.10. The van der Waals surface area contributed by atoms with Crippen molar-refractivity contribution in [3.05, 3.63) is 123 Å². The molecule has 0 atom stereocenters. The molecule has 0 saturated heterocycles. The number of hydrogen-bond donors (Lipinski definition) is 1. The molecular weight excluding hydrogens is 755 g/mol. The number of rotatable bonds is 6. The Morgan fingerprint density at radius 1 is 0.776 bits per heavy atom. The molecule has 1 aromatic heterocycles. The largest absolute Gasteiger partial charge is 0.435 e. The number of hydrogen-bond acceptors (Lipinski definition) is 5. The second-order valence-corrected chi connectivity index (χ2v) is 10.6. The molecule has 0 fully saturated rings. The number of carbonyl (C=O) groups is 3. The van der Waals surface area contributed by atoms with E-state index in [0.717, 1.165) is 18.3 Å². The van der Waals surface area contributed by atoms with E-state index in [1.807, 2.05) is 0 Å². The molecule has 0 unspecified atom stereocenters. The summed E-state index contributed by atoms with van der Waals surface area (Å²) in [5.41, 5.74) is -15.1. The minimum atomic E-state index is -6.77. The first kappa shape index (κ1) is 36.8. The first-order chi connectivity index (χ1) is 22.7. The second-order valence-electron chi connectivity index (χ2n) is 9.71. The van der Waals surface area contributed by atoms with E-state index in [1.54, 1.807) is 5.32 Å². The summed E-state index contributed by atoms with van der Waals surface area (Å²) in [5.74, 6) is -5.87. The summed E-state index contributed by atoms with van der Waals surface area (Å²) in [6.07, 6.45) is -17.0. The van der Waals surface area contributed by atoms with Gasteiger partial charge in [-0.05, 0) is 64.5 Å². The predicted molar refractivity (Wildman–Crippen MR) is 151 cm³/mol. The predicted octanol–water partition coefficient (Wildman–Crippen LogP) is 8.96. The fourth-order valence-corrected chi connectivity index (χ4v) is 4.75. The van der Waals surface area contributed by atoms with Crippen LogP contribution >= 0.6 is 15.9 Å². The number of halogens is 12. The van der Waals surface area contributed by atoms with Gasteiger partial charge in [-0.25, -0.2) is 13.6 Å². The van der Waals surface area contributed by atoms with Crippen molar-refractivity contribution >= 4 is 45.1 Å². The van der Waals surface area contributed by atoms with Gasteiger partial charge in [0.05, 0.1) is 22.4 Å². The van der Waals surface area contributed by atoms with Crippen LogP contribution in [0.1, 0.15) is 42.2 Å². The zero-order chi connectivity index (χ0) is 36.5. The molecule has 0 radical (unpaired) electrons. The molecule has 49 heavy (non-hydrogen) atoms. The zero-order valence-electron chi connectivity index (χ0n) is 23.6. The molecule has 0 spiro atoms. The van der Waals surface area contributed by atoms with E-state index in [-0.39, 0.29) is 22.3 Å². The molecular formula is C30H15BrF11N3O4. The van der Waals surface area contributed by atoms with E-state index >= 15 is 4.39 Å². The third-order valence-corrected chi connectivity index (χ3v) is 7.16. The molecule has 0 saturated carbocycles. The number of anilines is 2. The smallest absolute Gasteiger partial charge is 0.327 e. The van der Waals surface area contributed by atoms with E-state index in [0.29, 0.717) is 6.07 Å². The molecule has 7 nitrogen and oxygen atoms in total. The lowest BCUT2D eigenvalue weighted by molar-refractivity contribution is -0.348. The first-order valence-corrected chi connectivity index (χ1v) is 13.8. The average molecular weight is 770 g/mol. The van der Waals surface area contributed by atoms with Crippen LogP contribution in [0.4, 0.5) is 59.7 Å². The Labute approximate surface area is 275 Å². The molecule has 0 aliphatic rings. The first-order valence-electron chi connectivity index (χ1n) is 13.0. The Bertz CT molecular complexity index is 1870. The number of carbonyl (C=O) groups excluding carboxylic acids is 3. The van der Waals surface area contributed by atoms with E-state index in [2.05, 4.69) is 20.9 Å². The number of nitrogens with zero attached hydrogens (tertiary/aromatic N) is 2. The van der Waals surface area contributed by atoms with Gasteiger partial charge in [-0.2, -0.15) is 39.5 Å². The quantitative estimate of drug-likeness (QED) is 0.156. The minimum Gasteiger partial charge on any atom is -0.327 e. The summed E-state index contributed by atoms with van der Waals surface area (Å²) in [6, 6.07) is 10.7. The fraction of sp³-hybridized carbons (Fsp3) is 0.133. The van der Waals surface area contributed by atoms with Crippen LogP contribution in [0.3, 0.4) is 0 Å². The monoisotopic (exact) mass is 769 g/mol. The molecule has 1 N–H and O–H groups in total. The van der Waals surface area contributed by atoms with Crippen LogP contribution < -0.4 is 10.4 Å². The molecule has 1 heterocycles. The summed E-state index contributed by atoms with van der Waals surface area (Å²) in [7, 11) is 0. The number of nitrogens with one attached hydrogen (secondary N) is 1. The van der Waals surface area contributed by atoms with Crippen molar-refractivity contribution in [2.75, 3.05) is 10.4 Å². The summed E-state index contributed by atoms with van der Waals surface area (Å²) >= 11 is 2.34. The van der Waals surface area contributed by atoms with Gasteiger partial charge in [0, 0.05) is 28.0 Å². The van der Waals surface area contributed by atoms with Gasteiger partial charge in [0.25, 0.3) is 11.8 Å². The van der Waals surface area contributed by atoms with E-state index < -0.39 is 86.4 Å². The SMILES string of the molecule is O=C(ON(C(=O)c1ccccc1)c1cccc(C(=O)Nc2c(Br)cc(C(F)(C(F)(F)F)C(F)(F)F)cc2C(F)(F)F)c1F)c1cccnc1. The van der Waals surface area contributed by atoms with Crippen molar-refractivity contribution in [3.63, 3.8) is 0 Å². The Balaban J connectivity index is 1.80. The van der Waals surface area contributed by atoms with Crippen molar-refractivity contribution in [3.8, 4) is 0 Å². The van der Waals surface area contributed by atoms with Crippen LogP contribution in [-0.4, -0.2) is 35.1 Å². The van der Waals surface area contributed by atoms with Crippen LogP contribution in [0.25, 0.3) is 0 Å². The normalized spacial score (nSPS) is 12.3. The Hall–Kier alpha value is -5.07. The molecule has 19 heteroatoms. The summed E-state index contributed by atoms with van der Waals surface area (Å²) in [4.78, 5) is 48.1. The van der Waals surface area contributed by atoms with Crippen LogP contribution in [-0.2, 0) is 16.7 Å². The van der Waals surface area contributed by atoms with E-state index in [4.69, 9.17) is 4.84 Å². The number of alkyl halides is 10. The Morgan fingerprint density at radius 2 is 1.39 bits per heavy atom.